The summed E-state index contributed by atoms with van der Waals surface area (Å²) in [5, 5.41) is 7.78. The summed E-state index contributed by atoms with van der Waals surface area (Å²) < 4.78 is 10.5. The predicted molar refractivity (Wildman–Crippen MR) is 116 cm³/mol. The SMILES string of the molecule is CN(C)c1ccc(NC(=O)Cc2csc(NC(=O)c3ccc4c(c3)OCO4)n2)cc1. The first-order chi connectivity index (χ1) is 14.5. The summed E-state index contributed by atoms with van der Waals surface area (Å²) >= 11 is 1.27. The molecule has 0 saturated heterocycles. The Labute approximate surface area is 177 Å². The van der Waals surface area contributed by atoms with Crippen LogP contribution in [0.25, 0.3) is 0 Å². The van der Waals surface area contributed by atoms with Gasteiger partial charge in [0.05, 0.1) is 12.1 Å². The smallest absolute Gasteiger partial charge is 0.257 e. The Morgan fingerprint density at radius 2 is 1.83 bits per heavy atom. The summed E-state index contributed by atoms with van der Waals surface area (Å²) in [5.41, 5.74) is 2.80. The second kappa shape index (κ2) is 8.42. The second-order valence-electron chi connectivity index (χ2n) is 6.83. The van der Waals surface area contributed by atoms with Crippen LogP contribution in [-0.2, 0) is 11.2 Å². The summed E-state index contributed by atoms with van der Waals surface area (Å²) in [4.78, 5) is 31.0. The number of ether oxygens (including phenoxy) is 2. The number of hydrogen-bond acceptors (Lipinski definition) is 7. The van der Waals surface area contributed by atoms with Crippen LogP contribution < -0.4 is 25.0 Å². The van der Waals surface area contributed by atoms with Gasteiger partial charge in [0, 0.05) is 36.4 Å². The van der Waals surface area contributed by atoms with Crippen LogP contribution in [0.2, 0.25) is 0 Å². The van der Waals surface area contributed by atoms with Gasteiger partial charge < -0.3 is 19.7 Å². The first-order valence-electron chi connectivity index (χ1n) is 9.20. The van der Waals surface area contributed by atoms with E-state index in [0.717, 1.165) is 11.4 Å². The molecule has 0 bridgehead atoms. The molecule has 0 aliphatic carbocycles. The molecule has 0 fully saturated rings. The zero-order valence-electron chi connectivity index (χ0n) is 16.5. The van der Waals surface area contributed by atoms with Crippen molar-refractivity contribution >= 4 is 39.7 Å². The molecule has 2 heterocycles. The number of aromatic nitrogens is 1. The van der Waals surface area contributed by atoms with E-state index in [4.69, 9.17) is 9.47 Å². The molecule has 0 radical (unpaired) electrons. The van der Waals surface area contributed by atoms with Crippen molar-refractivity contribution in [2.24, 2.45) is 0 Å². The molecule has 8 nitrogen and oxygen atoms in total. The first kappa shape index (κ1) is 19.7. The number of nitrogens with one attached hydrogen (secondary N) is 2. The Hall–Kier alpha value is -3.59. The number of nitrogens with zero attached hydrogens (tertiary/aromatic N) is 2. The lowest BCUT2D eigenvalue weighted by Gasteiger charge is -2.12. The molecule has 0 atom stereocenters. The number of carbonyl (C=O) groups is 2. The lowest BCUT2D eigenvalue weighted by atomic mass is 10.2. The largest absolute Gasteiger partial charge is 0.454 e. The molecule has 0 spiro atoms. The maximum Gasteiger partial charge on any atom is 0.257 e. The van der Waals surface area contributed by atoms with Gasteiger partial charge in [-0.1, -0.05) is 0 Å². The van der Waals surface area contributed by atoms with Gasteiger partial charge in [-0.3, -0.25) is 14.9 Å². The average Bonchev–Trinajstić information content (AvgIpc) is 3.36. The lowest BCUT2D eigenvalue weighted by molar-refractivity contribution is -0.115. The maximum atomic E-state index is 12.4. The van der Waals surface area contributed by atoms with Crippen molar-refractivity contribution in [1.29, 1.82) is 0 Å². The van der Waals surface area contributed by atoms with Gasteiger partial charge in [0.25, 0.3) is 5.91 Å². The Kier molecular flexibility index (Phi) is 5.53. The molecular formula is C21H20N4O4S. The van der Waals surface area contributed by atoms with E-state index in [1.807, 2.05) is 43.3 Å². The highest BCUT2D eigenvalue weighted by molar-refractivity contribution is 7.14. The number of fused-ring (bicyclic) bond motifs is 1. The van der Waals surface area contributed by atoms with E-state index in [2.05, 4.69) is 15.6 Å². The fourth-order valence-corrected chi connectivity index (χ4v) is 3.57. The molecule has 1 aliphatic heterocycles. The van der Waals surface area contributed by atoms with Gasteiger partial charge in [0.1, 0.15) is 0 Å². The summed E-state index contributed by atoms with van der Waals surface area (Å²) in [5.74, 6) is 0.675. The minimum atomic E-state index is -0.306. The van der Waals surface area contributed by atoms with Gasteiger partial charge in [0.15, 0.2) is 16.6 Å². The van der Waals surface area contributed by atoms with E-state index in [9.17, 15) is 9.59 Å². The topological polar surface area (TPSA) is 92.8 Å². The molecule has 3 aromatic rings. The Bertz CT molecular complexity index is 1080. The highest BCUT2D eigenvalue weighted by Crippen LogP contribution is 2.32. The molecular weight excluding hydrogens is 404 g/mol. The molecule has 0 unspecified atom stereocenters. The number of benzene rings is 2. The van der Waals surface area contributed by atoms with Gasteiger partial charge >= 0.3 is 0 Å². The van der Waals surface area contributed by atoms with E-state index in [1.54, 1.807) is 23.6 Å². The Morgan fingerprint density at radius 3 is 2.60 bits per heavy atom. The molecule has 30 heavy (non-hydrogen) atoms. The van der Waals surface area contributed by atoms with Crippen LogP contribution in [-0.4, -0.2) is 37.7 Å². The van der Waals surface area contributed by atoms with Crippen LogP contribution in [0.5, 0.6) is 11.5 Å². The van der Waals surface area contributed by atoms with Crippen LogP contribution in [0.1, 0.15) is 16.1 Å². The fourth-order valence-electron chi connectivity index (χ4n) is 2.87. The highest BCUT2D eigenvalue weighted by Gasteiger charge is 2.17. The third-order valence-corrected chi connectivity index (χ3v) is 5.22. The molecule has 2 amide bonds. The van der Waals surface area contributed by atoms with Gasteiger partial charge in [-0.25, -0.2) is 4.98 Å². The molecule has 1 aromatic heterocycles. The van der Waals surface area contributed by atoms with Gasteiger partial charge in [-0.15, -0.1) is 11.3 Å². The Morgan fingerprint density at radius 1 is 1.07 bits per heavy atom. The molecule has 2 N–H and O–H groups in total. The van der Waals surface area contributed by atoms with Crippen molar-refractivity contribution in [2.45, 2.75) is 6.42 Å². The van der Waals surface area contributed by atoms with Crippen molar-refractivity contribution in [3.8, 4) is 11.5 Å². The molecule has 1 aliphatic rings. The molecule has 0 saturated carbocycles. The van der Waals surface area contributed by atoms with E-state index in [-0.39, 0.29) is 25.0 Å². The lowest BCUT2D eigenvalue weighted by Crippen LogP contribution is -2.15. The number of thiazole rings is 1. The average molecular weight is 424 g/mol. The fraction of sp³-hybridized carbons (Fsp3) is 0.190. The molecule has 4 rings (SSSR count). The Balaban J connectivity index is 1.33. The number of hydrogen-bond donors (Lipinski definition) is 2. The summed E-state index contributed by atoms with van der Waals surface area (Å²) in [7, 11) is 3.91. The zero-order chi connectivity index (χ0) is 21.1. The highest BCUT2D eigenvalue weighted by atomic mass is 32.1. The van der Waals surface area contributed by atoms with Crippen LogP contribution in [0.3, 0.4) is 0 Å². The van der Waals surface area contributed by atoms with Crippen molar-refractivity contribution in [3.63, 3.8) is 0 Å². The van der Waals surface area contributed by atoms with Crippen LogP contribution >= 0.6 is 11.3 Å². The summed E-state index contributed by atoms with van der Waals surface area (Å²) in [6.45, 7) is 0.151. The second-order valence-corrected chi connectivity index (χ2v) is 7.69. The van der Waals surface area contributed by atoms with Crippen LogP contribution in [0.4, 0.5) is 16.5 Å². The van der Waals surface area contributed by atoms with Crippen molar-refractivity contribution in [2.75, 3.05) is 36.4 Å². The maximum absolute atomic E-state index is 12.4. The third kappa shape index (κ3) is 4.52. The number of rotatable bonds is 6. The number of carbonyl (C=O) groups excluding carboxylic acids is 2. The van der Waals surface area contributed by atoms with Crippen LogP contribution in [0.15, 0.2) is 47.8 Å². The monoisotopic (exact) mass is 424 g/mol. The van der Waals surface area contributed by atoms with Gasteiger partial charge in [-0.2, -0.15) is 0 Å². The summed E-state index contributed by atoms with van der Waals surface area (Å²) in [6.07, 6.45) is 0.117. The minimum Gasteiger partial charge on any atom is -0.454 e. The summed E-state index contributed by atoms with van der Waals surface area (Å²) in [6, 6.07) is 12.6. The third-order valence-electron chi connectivity index (χ3n) is 4.42. The first-order valence-corrected chi connectivity index (χ1v) is 10.1. The van der Waals surface area contributed by atoms with E-state index >= 15 is 0 Å². The van der Waals surface area contributed by atoms with Crippen molar-refractivity contribution in [1.82, 2.24) is 4.98 Å². The van der Waals surface area contributed by atoms with Crippen LogP contribution in [0, 0.1) is 0 Å². The molecule has 2 aromatic carbocycles. The quantitative estimate of drug-likeness (QED) is 0.630. The van der Waals surface area contributed by atoms with Crippen molar-refractivity contribution < 1.29 is 19.1 Å². The van der Waals surface area contributed by atoms with Gasteiger partial charge in [-0.05, 0) is 42.5 Å². The normalized spacial score (nSPS) is 11.8. The van der Waals surface area contributed by atoms with E-state index < -0.39 is 0 Å². The van der Waals surface area contributed by atoms with Gasteiger partial charge in [0.2, 0.25) is 12.7 Å². The minimum absolute atomic E-state index is 0.117. The zero-order valence-corrected chi connectivity index (χ0v) is 17.3. The number of anilines is 3. The van der Waals surface area contributed by atoms with Crippen molar-refractivity contribution in [3.05, 3.63) is 59.1 Å². The predicted octanol–water partition coefficient (Wildman–Crippen LogP) is 3.37. The number of amides is 2. The molecule has 9 heteroatoms. The molecule has 154 valence electrons. The standard InChI is InChI=1S/C21H20N4O4S/c1-25(2)16-6-4-14(5-7-16)22-19(26)10-15-11-30-21(23-15)24-20(27)13-3-8-17-18(9-13)29-12-28-17/h3-9,11H,10,12H2,1-2H3,(H,22,26)(H,23,24,27). The van der Waals surface area contributed by atoms with E-state index in [0.29, 0.717) is 27.9 Å². The van der Waals surface area contributed by atoms with E-state index in [1.165, 1.54) is 11.3 Å².